The van der Waals surface area contributed by atoms with Gasteiger partial charge >= 0.3 is 0 Å². The second-order valence-electron chi connectivity index (χ2n) is 3.26. The zero-order chi connectivity index (χ0) is 11.4. The highest BCUT2D eigenvalue weighted by molar-refractivity contribution is 5.69. The number of aldehydes is 1. The third-order valence-electron chi connectivity index (χ3n) is 2.19. The first kappa shape index (κ1) is 10.1. The standard InChI is InChI=1S/C12H8N3O/c13-7-10-2-1-3-11(6-10)8-15-5-4-14-12(15)9-16/h1-4,6,9H,8H2. The molecule has 0 spiro atoms. The average molecular weight is 210 g/mol. The zero-order valence-electron chi connectivity index (χ0n) is 8.42. The molecule has 1 aromatic carbocycles. The number of carbonyl (C=O) groups excluding carboxylic acids is 1. The van der Waals surface area contributed by atoms with Crippen molar-refractivity contribution < 1.29 is 4.79 Å². The lowest BCUT2D eigenvalue weighted by molar-refractivity contribution is 0.111. The van der Waals surface area contributed by atoms with Crippen LogP contribution in [0.4, 0.5) is 0 Å². The zero-order valence-corrected chi connectivity index (χ0v) is 8.42. The van der Waals surface area contributed by atoms with Gasteiger partial charge in [-0.05, 0) is 17.7 Å². The van der Waals surface area contributed by atoms with Gasteiger partial charge in [-0.15, -0.1) is 0 Å². The van der Waals surface area contributed by atoms with Crippen molar-refractivity contribution in [2.75, 3.05) is 0 Å². The lowest BCUT2D eigenvalue weighted by Crippen LogP contribution is -2.03. The van der Waals surface area contributed by atoms with E-state index in [0.717, 1.165) is 5.56 Å². The van der Waals surface area contributed by atoms with E-state index in [2.05, 4.69) is 17.3 Å². The fourth-order valence-corrected chi connectivity index (χ4v) is 1.44. The van der Waals surface area contributed by atoms with Crippen LogP contribution in [0.1, 0.15) is 21.7 Å². The van der Waals surface area contributed by atoms with E-state index in [1.165, 1.54) is 6.20 Å². The molecule has 0 fully saturated rings. The van der Waals surface area contributed by atoms with E-state index in [-0.39, 0.29) is 0 Å². The number of hydrogen-bond acceptors (Lipinski definition) is 3. The van der Waals surface area contributed by atoms with Crippen LogP contribution in [0.15, 0.2) is 30.5 Å². The van der Waals surface area contributed by atoms with Crippen LogP contribution in [0.3, 0.4) is 0 Å². The topological polar surface area (TPSA) is 58.7 Å². The molecule has 0 saturated carbocycles. The SMILES string of the molecule is N#Cc1cccc(Cn2[c]cnc2C=O)c1. The van der Waals surface area contributed by atoms with Gasteiger partial charge in [-0.1, -0.05) is 12.1 Å². The van der Waals surface area contributed by atoms with Crippen LogP contribution < -0.4 is 0 Å². The maximum Gasteiger partial charge on any atom is 0.185 e. The van der Waals surface area contributed by atoms with E-state index >= 15 is 0 Å². The second kappa shape index (κ2) is 4.41. The molecule has 0 atom stereocenters. The van der Waals surface area contributed by atoms with Crippen LogP contribution in [0.5, 0.6) is 0 Å². The second-order valence-corrected chi connectivity index (χ2v) is 3.26. The molecule has 0 amide bonds. The fraction of sp³-hybridized carbons (Fsp3) is 0.0833. The average Bonchev–Trinajstić information content (AvgIpc) is 2.76. The van der Waals surface area contributed by atoms with Gasteiger partial charge in [-0.2, -0.15) is 5.26 Å². The number of nitriles is 1. The van der Waals surface area contributed by atoms with Gasteiger partial charge < -0.3 is 4.57 Å². The van der Waals surface area contributed by atoms with Crippen LogP contribution in [0, 0.1) is 17.5 Å². The van der Waals surface area contributed by atoms with Crippen LogP contribution in [-0.2, 0) is 6.54 Å². The third kappa shape index (κ3) is 1.98. The maximum atomic E-state index is 10.6. The number of aromatic nitrogens is 2. The van der Waals surface area contributed by atoms with Gasteiger partial charge in [0.2, 0.25) is 0 Å². The van der Waals surface area contributed by atoms with E-state index in [0.29, 0.717) is 24.2 Å². The summed E-state index contributed by atoms with van der Waals surface area (Å²) in [5.74, 6) is 0.336. The molecule has 1 aromatic heterocycles. The Hall–Kier alpha value is -2.41. The number of nitrogens with zero attached hydrogens (tertiary/aromatic N) is 3. The van der Waals surface area contributed by atoms with E-state index in [1.54, 1.807) is 16.7 Å². The van der Waals surface area contributed by atoms with Crippen molar-refractivity contribution >= 4 is 6.29 Å². The highest BCUT2D eigenvalue weighted by atomic mass is 16.1. The minimum atomic E-state index is 0.336. The summed E-state index contributed by atoms with van der Waals surface area (Å²) in [4.78, 5) is 14.5. The number of carbonyl (C=O) groups is 1. The predicted octanol–water partition coefficient (Wildman–Crippen LogP) is 1.42. The molecule has 0 unspecified atom stereocenters. The molecule has 0 aliphatic carbocycles. The van der Waals surface area contributed by atoms with E-state index in [4.69, 9.17) is 5.26 Å². The monoisotopic (exact) mass is 210 g/mol. The Labute approximate surface area is 92.8 Å². The molecule has 0 bridgehead atoms. The number of benzene rings is 1. The highest BCUT2D eigenvalue weighted by Crippen LogP contribution is 2.07. The first-order valence-corrected chi connectivity index (χ1v) is 4.71. The quantitative estimate of drug-likeness (QED) is 0.720. The Bertz CT molecular complexity index is 551. The molecule has 2 rings (SSSR count). The lowest BCUT2D eigenvalue weighted by Gasteiger charge is -2.03. The molecular weight excluding hydrogens is 202 g/mol. The van der Waals surface area contributed by atoms with Crippen LogP contribution in [0.2, 0.25) is 0 Å². The maximum absolute atomic E-state index is 10.6. The normalized spacial score (nSPS) is 9.69. The van der Waals surface area contributed by atoms with E-state index in [9.17, 15) is 4.79 Å². The Balaban J connectivity index is 2.27. The van der Waals surface area contributed by atoms with Gasteiger partial charge in [0, 0.05) is 6.54 Å². The Kier molecular flexibility index (Phi) is 2.79. The minimum Gasteiger partial charge on any atom is -0.316 e. The van der Waals surface area contributed by atoms with E-state index in [1.807, 2.05) is 12.1 Å². The summed E-state index contributed by atoms with van der Waals surface area (Å²) in [6.45, 7) is 0.490. The molecule has 0 aliphatic heterocycles. The summed E-state index contributed by atoms with van der Waals surface area (Å²) in [6.07, 6.45) is 4.98. The van der Waals surface area contributed by atoms with Gasteiger partial charge in [-0.3, -0.25) is 4.79 Å². The molecule has 0 saturated heterocycles. The number of hydrogen-bond donors (Lipinski definition) is 0. The summed E-state index contributed by atoms with van der Waals surface area (Å²) in [7, 11) is 0. The van der Waals surface area contributed by atoms with Crippen molar-refractivity contribution in [1.82, 2.24) is 9.55 Å². The molecule has 0 N–H and O–H groups in total. The van der Waals surface area contributed by atoms with Gasteiger partial charge in [0.15, 0.2) is 12.1 Å². The molecule has 2 aromatic rings. The van der Waals surface area contributed by atoms with Crippen molar-refractivity contribution in [2.24, 2.45) is 0 Å². The molecule has 1 heterocycles. The van der Waals surface area contributed by atoms with Crippen LogP contribution in [0.25, 0.3) is 0 Å². The molecule has 0 aliphatic rings. The summed E-state index contributed by atoms with van der Waals surface area (Å²) >= 11 is 0. The highest BCUT2D eigenvalue weighted by Gasteiger charge is 2.02. The lowest BCUT2D eigenvalue weighted by atomic mass is 10.1. The first-order valence-electron chi connectivity index (χ1n) is 4.71. The van der Waals surface area contributed by atoms with Crippen LogP contribution in [-0.4, -0.2) is 15.8 Å². The Morgan fingerprint density at radius 3 is 3.19 bits per heavy atom. The summed E-state index contributed by atoms with van der Waals surface area (Å²) in [5, 5.41) is 8.76. The number of rotatable bonds is 3. The molecule has 1 radical (unpaired) electrons. The Morgan fingerprint density at radius 2 is 2.44 bits per heavy atom. The van der Waals surface area contributed by atoms with Crippen molar-refractivity contribution in [3.63, 3.8) is 0 Å². The molecule has 4 nitrogen and oxygen atoms in total. The summed E-state index contributed by atoms with van der Waals surface area (Å²) in [6, 6.07) is 9.29. The van der Waals surface area contributed by atoms with Crippen molar-refractivity contribution in [1.29, 1.82) is 5.26 Å². The largest absolute Gasteiger partial charge is 0.316 e. The van der Waals surface area contributed by atoms with Gasteiger partial charge in [0.1, 0.15) is 0 Å². The molecular formula is C12H8N3O. The molecule has 77 valence electrons. The third-order valence-corrected chi connectivity index (χ3v) is 2.19. The molecule has 4 heteroatoms. The van der Waals surface area contributed by atoms with Gasteiger partial charge in [0.25, 0.3) is 0 Å². The minimum absolute atomic E-state index is 0.336. The predicted molar refractivity (Wildman–Crippen MR) is 56.7 cm³/mol. The van der Waals surface area contributed by atoms with Crippen molar-refractivity contribution in [3.05, 3.63) is 53.6 Å². The number of imidazole rings is 1. The first-order chi connectivity index (χ1) is 7.83. The van der Waals surface area contributed by atoms with Crippen molar-refractivity contribution in [2.45, 2.75) is 6.54 Å². The fourth-order valence-electron chi connectivity index (χ4n) is 1.44. The summed E-state index contributed by atoms with van der Waals surface area (Å²) < 4.78 is 1.61. The smallest absolute Gasteiger partial charge is 0.185 e. The Morgan fingerprint density at radius 1 is 1.56 bits per heavy atom. The van der Waals surface area contributed by atoms with Crippen molar-refractivity contribution in [3.8, 4) is 6.07 Å². The van der Waals surface area contributed by atoms with E-state index < -0.39 is 0 Å². The van der Waals surface area contributed by atoms with Crippen LogP contribution >= 0.6 is 0 Å². The van der Waals surface area contributed by atoms with Gasteiger partial charge in [0.05, 0.1) is 24.0 Å². The molecule has 16 heavy (non-hydrogen) atoms. The summed E-state index contributed by atoms with van der Waals surface area (Å²) in [5.41, 5.74) is 1.54. The van der Waals surface area contributed by atoms with Gasteiger partial charge in [-0.25, -0.2) is 4.98 Å².